The molecule has 0 atom stereocenters. The molecule has 168 valence electrons. The lowest BCUT2D eigenvalue weighted by atomic mass is 9.95. The van der Waals surface area contributed by atoms with Crippen LogP contribution in [0.5, 0.6) is 5.75 Å². The highest BCUT2D eigenvalue weighted by Crippen LogP contribution is 2.45. The number of phenols is 1. The van der Waals surface area contributed by atoms with E-state index in [9.17, 15) is 27.5 Å². The van der Waals surface area contributed by atoms with Crippen LogP contribution in [-0.2, 0) is 11.0 Å². The molecule has 1 fully saturated rings. The van der Waals surface area contributed by atoms with Crippen LogP contribution >= 0.6 is 0 Å². The Labute approximate surface area is 178 Å². The van der Waals surface area contributed by atoms with Crippen LogP contribution in [0.1, 0.15) is 12.5 Å². The maximum absolute atomic E-state index is 15.5. The lowest BCUT2D eigenvalue weighted by Crippen LogP contribution is -2.48. The molecular formula is C21H17F5N4O2. The number of hydrogen-bond donors (Lipinski definition) is 1. The van der Waals surface area contributed by atoms with E-state index in [0.717, 1.165) is 24.5 Å². The zero-order valence-corrected chi connectivity index (χ0v) is 16.7. The van der Waals surface area contributed by atoms with Crippen LogP contribution in [0.4, 0.5) is 27.8 Å². The van der Waals surface area contributed by atoms with Crippen LogP contribution in [0.3, 0.4) is 0 Å². The van der Waals surface area contributed by atoms with Gasteiger partial charge in [-0.2, -0.15) is 13.2 Å². The number of halogens is 5. The summed E-state index contributed by atoms with van der Waals surface area (Å²) in [6, 6.07) is 3.58. The molecule has 6 nitrogen and oxygen atoms in total. The standard InChI is InChI=1S/C21H17F5N4O2/c1-11(31)29-5-7-30(8-6-29)20-12-9-13(21(24,25)26)16(18(23)19(12)27-10-28-20)17-14(22)3-2-4-15(17)32/h2-4,9-10,32H,5-8H2,1H3. The Morgan fingerprint density at radius 2 is 1.75 bits per heavy atom. The monoisotopic (exact) mass is 452 g/mol. The number of amides is 1. The summed E-state index contributed by atoms with van der Waals surface area (Å²) in [7, 11) is 0. The Morgan fingerprint density at radius 3 is 2.34 bits per heavy atom. The molecule has 0 saturated carbocycles. The van der Waals surface area contributed by atoms with Gasteiger partial charge in [0.15, 0.2) is 5.82 Å². The molecule has 1 aromatic heterocycles. The van der Waals surface area contributed by atoms with Gasteiger partial charge in [0, 0.05) is 44.1 Å². The minimum atomic E-state index is -5.06. The average Bonchev–Trinajstić information content (AvgIpc) is 2.74. The summed E-state index contributed by atoms with van der Waals surface area (Å²) in [4.78, 5) is 22.6. The van der Waals surface area contributed by atoms with E-state index in [1.165, 1.54) is 6.92 Å². The fraction of sp³-hybridized carbons (Fsp3) is 0.286. The van der Waals surface area contributed by atoms with Crippen molar-refractivity contribution in [3.63, 3.8) is 0 Å². The van der Waals surface area contributed by atoms with Crippen molar-refractivity contribution in [2.24, 2.45) is 0 Å². The fourth-order valence-electron chi connectivity index (χ4n) is 3.86. The van der Waals surface area contributed by atoms with Gasteiger partial charge in [-0.3, -0.25) is 4.79 Å². The molecule has 0 aliphatic carbocycles. The fourth-order valence-corrected chi connectivity index (χ4v) is 3.86. The highest BCUT2D eigenvalue weighted by Gasteiger charge is 2.38. The summed E-state index contributed by atoms with van der Waals surface area (Å²) in [5.74, 6) is -3.50. The van der Waals surface area contributed by atoms with E-state index in [2.05, 4.69) is 9.97 Å². The molecule has 0 unspecified atom stereocenters. The Hall–Kier alpha value is -3.50. The number of rotatable bonds is 2. The number of carbonyl (C=O) groups excluding carboxylic acids is 1. The van der Waals surface area contributed by atoms with Crippen molar-refractivity contribution in [3.8, 4) is 16.9 Å². The molecule has 2 heterocycles. The van der Waals surface area contributed by atoms with Gasteiger partial charge in [-0.05, 0) is 18.2 Å². The van der Waals surface area contributed by atoms with E-state index < -0.39 is 45.8 Å². The van der Waals surface area contributed by atoms with Crippen molar-refractivity contribution >= 4 is 22.6 Å². The molecule has 11 heteroatoms. The molecule has 1 aliphatic rings. The highest BCUT2D eigenvalue weighted by molar-refractivity contribution is 5.95. The number of aromatic hydroxyl groups is 1. The maximum atomic E-state index is 15.5. The van der Waals surface area contributed by atoms with Gasteiger partial charge >= 0.3 is 6.18 Å². The molecule has 0 spiro atoms. The van der Waals surface area contributed by atoms with E-state index in [1.807, 2.05) is 0 Å². The number of anilines is 1. The summed E-state index contributed by atoms with van der Waals surface area (Å²) < 4.78 is 71.7. The smallest absolute Gasteiger partial charge is 0.417 e. The number of hydrogen-bond acceptors (Lipinski definition) is 5. The lowest BCUT2D eigenvalue weighted by molar-refractivity contribution is -0.137. The molecular weight excluding hydrogens is 435 g/mol. The Kier molecular flexibility index (Phi) is 5.35. The number of carbonyl (C=O) groups is 1. The van der Waals surface area contributed by atoms with Gasteiger partial charge in [0.2, 0.25) is 5.91 Å². The number of piperazine rings is 1. The predicted octanol–water partition coefficient (Wildman–Crippen LogP) is 3.97. The zero-order chi connectivity index (χ0) is 23.2. The number of aromatic nitrogens is 2. The van der Waals surface area contributed by atoms with Gasteiger partial charge in [0.1, 0.15) is 29.2 Å². The molecule has 1 saturated heterocycles. The largest absolute Gasteiger partial charge is 0.507 e. The van der Waals surface area contributed by atoms with Crippen molar-refractivity contribution in [2.45, 2.75) is 13.1 Å². The predicted molar refractivity (Wildman–Crippen MR) is 106 cm³/mol. The third kappa shape index (κ3) is 3.67. The number of phenolic OH excluding ortho intramolecular Hbond substituents is 1. The summed E-state index contributed by atoms with van der Waals surface area (Å²) in [6.07, 6.45) is -4.05. The first-order valence-electron chi connectivity index (χ1n) is 9.62. The van der Waals surface area contributed by atoms with Gasteiger partial charge in [0.25, 0.3) is 0 Å². The van der Waals surface area contributed by atoms with Crippen LogP contribution in [0.25, 0.3) is 22.0 Å². The molecule has 32 heavy (non-hydrogen) atoms. The van der Waals surface area contributed by atoms with Crippen LogP contribution in [0.15, 0.2) is 30.6 Å². The van der Waals surface area contributed by atoms with E-state index in [4.69, 9.17) is 0 Å². The van der Waals surface area contributed by atoms with E-state index in [-0.39, 0.29) is 30.2 Å². The molecule has 2 aromatic carbocycles. The SMILES string of the molecule is CC(=O)N1CCN(c2ncnc3c(F)c(-c4c(O)cccc4F)c(C(F)(F)F)cc23)CC1. The van der Waals surface area contributed by atoms with Crippen molar-refractivity contribution < 1.29 is 31.9 Å². The van der Waals surface area contributed by atoms with Gasteiger partial charge in [-0.15, -0.1) is 0 Å². The van der Waals surface area contributed by atoms with E-state index >= 15 is 4.39 Å². The topological polar surface area (TPSA) is 69.6 Å². The van der Waals surface area contributed by atoms with E-state index in [1.54, 1.807) is 9.80 Å². The van der Waals surface area contributed by atoms with Crippen LogP contribution < -0.4 is 4.90 Å². The average molecular weight is 452 g/mol. The van der Waals surface area contributed by atoms with Gasteiger partial charge in [-0.1, -0.05) is 6.07 Å². The first kappa shape index (κ1) is 21.7. The third-order valence-electron chi connectivity index (χ3n) is 5.42. The van der Waals surface area contributed by atoms with Crippen LogP contribution in [0, 0.1) is 11.6 Å². The number of alkyl halides is 3. The summed E-state index contributed by atoms with van der Waals surface area (Å²) in [5.41, 5.74) is -3.91. The first-order chi connectivity index (χ1) is 15.1. The maximum Gasteiger partial charge on any atom is 0.417 e. The second kappa shape index (κ2) is 7.88. The van der Waals surface area contributed by atoms with Crippen LogP contribution in [-0.4, -0.2) is 52.1 Å². The van der Waals surface area contributed by atoms with E-state index in [0.29, 0.717) is 19.2 Å². The van der Waals surface area contributed by atoms with Crippen molar-refractivity contribution in [1.29, 1.82) is 0 Å². The molecule has 1 aliphatic heterocycles. The third-order valence-corrected chi connectivity index (χ3v) is 5.42. The Bertz CT molecular complexity index is 1190. The van der Waals surface area contributed by atoms with Gasteiger partial charge in [0.05, 0.1) is 11.1 Å². The normalized spacial score (nSPS) is 14.8. The van der Waals surface area contributed by atoms with Gasteiger partial charge in [-0.25, -0.2) is 18.7 Å². The second-order valence-corrected chi connectivity index (χ2v) is 7.33. The first-order valence-corrected chi connectivity index (χ1v) is 9.62. The quantitative estimate of drug-likeness (QED) is 0.596. The molecule has 1 amide bonds. The van der Waals surface area contributed by atoms with Crippen molar-refractivity contribution in [1.82, 2.24) is 14.9 Å². The van der Waals surface area contributed by atoms with Crippen molar-refractivity contribution in [2.75, 3.05) is 31.1 Å². The second-order valence-electron chi connectivity index (χ2n) is 7.33. The number of benzene rings is 2. The summed E-state index contributed by atoms with van der Waals surface area (Å²) in [5, 5.41) is 9.81. The lowest BCUT2D eigenvalue weighted by Gasteiger charge is -2.35. The molecule has 0 radical (unpaired) electrons. The minimum Gasteiger partial charge on any atom is -0.507 e. The highest BCUT2D eigenvalue weighted by atomic mass is 19.4. The summed E-state index contributed by atoms with van der Waals surface area (Å²) >= 11 is 0. The Morgan fingerprint density at radius 1 is 1.06 bits per heavy atom. The summed E-state index contributed by atoms with van der Waals surface area (Å²) in [6.45, 7) is 2.64. The molecule has 3 aromatic rings. The van der Waals surface area contributed by atoms with Gasteiger partial charge < -0.3 is 14.9 Å². The molecule has 1 N–H and O–H groups in total. The minimum absolute atomic E-state index is 0.0758. The molecule has 0 bridgehead atoms. The number of fused-ring (bicyclic) bond motifs is 1. The Balaban J connectivity index is 1.94. The number of nitrogens with zero attached hydrogens (tertiary/aromatic N) is 4. The van der Waals surface area contributed by atoms with Crippen molar-refractivity contribution in [3.05, 3.63) is 47.8 Å². The zero-order valence-electron chi connectivity index (χ0n) is 16.7. The van der Waals surface area contributed by atoms with Crippen LogP contribution in [0.2, 0.25) is 0 Å². The molecule has 4 rings (SSSR count).